The molecule has 1 amide bonds. The fourth-order valence-corrected chi connectivity index (χ4v) is 2.36. The van der Waals surface area contributed by atoms with E-state index in [1.54, 1.807) is 0 Å². The van der Waals surface area contributed by atoms with Crippen LogP contribution in [-0.4, -0.2) is 42.6 Å². The summed E-state index contributed by atoms with van der Waals surface area (Å²) < 4.78 is 5.57. The number of nitrogens with two attached hydrogens (primary N) is 1. The Balaban J connectivity index is 1.91. The normalized spacial score (nSPS) is 21.2. The monoisotopic (exact) mass is 262 g/mol. The van der Waals surface area contributed by atoms with Crippen LogP contribution in [0.2, 0.25) is 0 Å². The van der Waals surface area contributed by atoms with Crippen molar-refractivity contribution in [3.63, 3.8) is 0 Å². The molecule has 1 aliphatic heterocycles. The number of rotatable bonds is 4. The molecule has 19 heavy (non-hydrogen) atoms. The highest BCUT2D eigenvalue weighted by atomic mass is 16.5. The molecular formula is C15H22N2O2. The van der Waals surface area contributed by atoms with E-state index in [0.717, 1.165) is 12.0 Å². The van der Waals surface area contributed by atoms with Crippen molar-refractivity contribution in [2.24, 2.45) is 5.73 Å². The van der Waals surface area contributed by atoms with Crippen molar-refractivity contribution >= 4 is 5.91 Å². The molecule has 4 heteroatoms. The second-order valence-electron chi connectivity index (χ2n) is 4.98. The minimum Gasteiger partial charge on any atom is -0.375 e. The predicted octanol–water partition coefficient (Wildman–Crippen LogP) is 1.19. The lowest BCUT2D eigenvalue weighted by Gasteiger charge is -2.34. The van der Waals surface area contributed by atoms with Gasteiger partial charge in [0.25, 0.3) is 0 Å². The van der Waals surface area contributed by atoms with Crippen LogP contribution in [0.25, 0.3) is 0 Å². The van der Waals surface area contributed by atoms with Crippen molar-refractivity contribution in [2.45, 2.75) is 31.9 Å². The van der Waals surface area contributed by atoms with E-state index >= 15 is 0 Å². The molecule has 1 saturated heterocycles. The van der Waals surface area contributed by atoms with Gasteiger partial charge < -0.3 is 15.4 Å². The number of carbonyl (C=O) groups excluding carboxylic acids is 1. The van der Waals surface area contributed by atoms with Gasteiger partial charge in [-0.15, -0.1) is 0 Å². The summed E-state index contributed by atoms with van der Waals surface area (Å²) in [4.78, 5) is 14.1. The first-order chi connectivity index (χ1) is 9.20. The molecule has 1 aromatic carbocycles. The zero-order valence-corrected chi connectivity index (χ0v) is 11.4. The SMILES string of the molecule is CC[C@H]1CN(C(=O)[C@@H](N)Cc2ccccc2)CCO1. The van der Waals surface area contributed by atoms with E-state index in [2.05, 4.69) is 6.92 Å². The minimum absolute atomic E-state index is 0.0330. The number of nitrogens with zero attached hydrogens (tertiary/aromatic N) is 1. The largest absolute Gasteiger partial charge is 0.375 e. The molecule has 0 aliphatic carbocycles. The summed E-state index contributed by atoms with van der Waals surface area (Å²) in [5.74, 6) is 0.0330. The van der Waals surface area contributed by atoms with Gasteiger partial charge in [-0.3, -0.25) is 4.79 Å². The van der Waals surface area contributed by atoms with E-state index in [9.17, 15) is 4.79 Å². The Bertz CT molecular complexity index is 408. The number of ether oxygens (including phenoxy) is 1. The summed E-state index contributed by atoms with van der Waals surface area (Å²) in [5, 5.41) is 0. The Morgan fingerprint density at radius 3 is 2.89 bits per heavy atom. The fraction of sp³-hybridized carbons (Fsp3) is 0.533. The molecule has 1 aromatic rings. The van der Waals surface area contributed by atoms with E-state index < -0.39 is 6.04 Å². The third-order valence-corrected chi connectivity index (χ3v) is 3.52. The lowest BCUT2D eigenvalue weighted by Crippen LogP contribution is -2.51. The standard InChI is InChI=1S/C15H22N2O2/c1-2-13-11-17(8-9-19-13)15(18)14(16)10-12-6-4-3-5-7-12/h3-7,13-14H,2,8-11,16H2,1H3/t13-,14-/m0/s1. The van der Waals surface area contributed by atoms with Crippen molar-refractivity contribution < 1.29 is 9.53 Å². The Morgan fingerprint density at radius 2 is 2.21 bits per heavy atom. The smallest absolute Gasteiger partial charge is 0.239 e. The zero-order valence-electron chi connectivity index (χ0n) is 11.4. The second-order valence-corrected chi connectivity index (χ2v) is 4.98. The average molecular weight is 262 g/mol. The van der Waals surface area contributed by atoms with Crippen molar-refractivity contribution in [1.29, 1.82) is 0 Å². The van der Waals surface area contributed by atoms with Crippen LogP contribution in [0.4, 0.5) is 0 Å². The summed E-state index contributed by atoms with van der Waals surface area (Å²) in [6.07, 6.45) is 1.67. The van der Waals surface area contributed by atoms with Crippen molar-refractivity contribution in [3.05, 3.63) is 35.9 Å². The first-order valence-corrected chi connectivity index (χ1v) is 6.90. The Morgan fingerprint density at radius 1 is 1.47 bits per heavy atom. The van der Waals surface area contributed by atoms with Gasteiger partial charge in [0.15, 0.2) is 0 Å². The van der Waals surface area contributed by atoms with Gasteiger partial charge in [0.1, 0.15) is 0 Å². The summed E-state index contributed by atoms with van der Waals surface area (Å²) in [6.45, 7) is 4.00. The highest BCUT2D eigenvalue weighted by molar-refractivity contribution is 5.82. The van der Waals surface area contributed by atoms with Crippen LogP contribution in [0.15, 0.2) is 30.3 Å². The Hall–Kier alpha value is -1.39. The third kappa shape index (κ3) is 3.78. The van der Waals surface area contributed by atoms with Crippen LogP contribution >= 0.6 is 0 Å². The van der Waals surface area contributed by atoms with Crippen LogP contribution in [0.5, 0.6) is 0 Å². The van der Waals surface area contributed by atoms with Crippen LogP contribution in [0.1, 0.15) is 18.9 Å². The average Bonchev–Trinajstić information content (AvgIpc) is 2.47. The van der Waals surface area contributed by atoms with Gasteiger partial charge in [-0.1, -0.05) is 37.3 Å². The van der Waals surface area contributed by atoms with Gasteiger partial charge in [-0.05, 0) is 18.4 Å². The maximum absolute atomic E-state index is 12.3. The summed E-state index contributed by atoms with van der Waals surface area (Å²) in [6, 6.07) is 9.44. The summed E-state index contributed by atoms with van der Waals surface area (Å²) >= 11 is 0. The molecular weight excluding hydrogens is 240 g/mol. The van der Waals surface area contributed by atoms with E-state index in [-0.39, 0.29) is 12.0 Å². The highest BCUT2D eigenvalue weighted by Crippen LogP contribution is 2.11. The molecule has 0 aromatic heterocycles. The molecule has 2 N–H and O–H groups in total. The number of hydrogen-bond acceptors (Lipinski definition) is 3. The first kappa shape index (κ1) is 14.0. The fourth-order valence-electron chi connectivity index (χ4n) is 2.36. The maximum Gasteiger partial charge on any atom is 0.239 e. The van der Waals surface area contributed by atoms with Crippen molar-refractivity contribution in [3.8, 4) is 0 Å². The van der Waals surface area contributed by atoms with Crippen molar-refractivity contribution in [1.82, 2.24) is 4.90 Å². The maximum atomic E-state index is 12.3. The molecule has 0 saturated carbocycles. The van der Waals surface area contributed by atoms with Gasteiger partial charge in [0, 0.05) is 13.1 Å². The molecule has 1 fully saturated rings. The van der Waals surface area contributed by atoms with Gasteiger partial charge in [-0.2, -0.15) is 0 Å². The highest BCUT2D eigenvalue weighted by Gasteiger charge is 2.26. The lowest BCUT2D eigenvalue weighted by atomic mass is 10.1. The van der Waals surface area contributed by atoms with E-state index in [0.29, 0.717) is 26.1 Å². The zero-order chi connectivity index (χ0) is 13.7. The number of hydrogen-bond donors (Lipinski definition) is 1. The topological polar surface area (TPSA) is 55.6 Å². The molecule has 0 bridgehead atoms. The Labute approximate surface area is 114 Å². The van der Waals surface area contributed by atoms with E-state index in [4.69, 9.17) is 10.5 Å². The molecule has 0 spiro atoms. The van der Waals surface area contributed by atoms with Crippen LogP contribution < -0.4 is 5.73 Å². The lowest BCUT2D eigenvalue weighted by molar-refractivity contribution is -0.140. The van der Waals surface area contributed by atoms with E-state index in [1.807, 2.05) is 35.2 Å². The number of morpholine rings is 1. The van der Waals surface area contributed by atoms with Crippen LogP contribution in [0.3, 0.4) is 0 Å². The number of benzene rings is 1. The predicted molar refractivity (Wildman–Crippen MR) is 74.7 cm³/mol. The molecule has 0 unspecified atom stereocenters. The second kappa shape index (κ2) is 6.68. The van der Waals surface area contributed by atoms with Gasteiger partial charge in [-0.25, -0.2) is 0 Å². The Kier molecular flexibility index (Phi) is 4.93. The molecule has 104 valence electrons. The van der Waals surface area contributed by atoms with Crippen LogP contribution in [-0.2, 0) is 16.0 Å². The molecule has 1 aliphatic rings. The summed E-state index contributed by atoms with van der Waals surface area (Å²) in [5.41, 5.74) is 7.14. The molecule has 2 atom stereocenters. The summed E-state index contributed by atoms with van der Waals surface area (Å²) in [7, 11) is 0. The van der Waals surface area contributed by atoms with E-state index in [1.165, 1.54) is 0 Å². The molecule has 0 radical (unpaired) electrons. The van der Waals surface area contributed by atoms with Crippen molar-refractivity contribution in [2.75, 3.05) is 19.7 Å². The molecule has 2 rings (SSSR count). The number of carbonyl (C=O) groups is 1. The van der Waals surface area contributed by atoms with Crippen LogP contribution in [0, 0.1) is 0 Å². The van der Waals surface area contributed by atoms with Gasteiger partial charge >= 0.3 is 0 Å². The first-order valence-electron chi connectivity index (χ1n) is 6.90. The molecule has 4 nitrogen and oxygen atoms in total. The molecule has 1 heterocycles. The minimum atomic E-state index is -0.460. The van der Waals surface area contributed by atoms with Gasteiger partial charge in [0.05, 0.1) is 18.8 Å². The van der Waals surface area contributed by atoms with Gasteiger partial charge in [0.2, 0.25) is 5.91 Å². The third-order valence-electron chi connectivity index (χ3n) is 3.52. The quantitative estimate of drug-likeness (QED) is 0.887. The number of amides is 1.